The van der Waals surface area contributed by atoms with Gasteiger partial charge in [-0.15, -0.1) is 0 Å². The molecule has 1 heteroatoms. The van der Waals surface area contributed by atoms with Crippen molar-refractivity contribution in [3.63, 3.8) is 0 Å². The van der Waals surface area contributed by atoms with Crippen molar-refractivity contribution in [2.75, 3.05) is 6.54 Å². The van der Waals surface area contributed by atoms with Gasteiger partial charge in [0.15, 0.2) is 0 Å². The lowest BCUT2D eigenvalue weighted by molar-refractivity contribution is 0.226. The fourth-order valence-corrected chi connectivity index (χ4v) is 2.27. The summed E-state index contributed by atoms with van der Waals surface area (Å²) in [5.74, 6) is 0. The molecule has 1 aromatic carbocycles. The number of rotatable bonds is 3. The third-order valence-electron chi connectivity index (χ3n) is 3.23. The molecule has 1 heterocycles. The summed E-state index contributed by atoms with van der Waals surface area (Å²) in [6.07, 6.45) is 2.61. The maximum absolute atomic E-state index is 2.58. The van der Waals surface area contributed by atoms with Crippen LogP contribution >= 0.6 is 0 Å². The van der Waals surface area contributed by atoms with Crippen LogP contribution in [-0.4, -0.2) is 11.4 Å². The monoisotopic (exact) mass is 189 g/mol. The van der Waals surface area contributed by atoms with Crippen molar-refractivity contribution in [2.45, 2.75) is 39.3 Å². The Kier molecular flexibility index (Phi) is 2.87. The SMILES string of the molecule is CCCCN1Cc2ccccc2C1C. The van der Waals surface area contributed by atoms with Gasteiger partial charge in [0.05, 0.1) is 0 Å². The Bertz CT molecular complexity index is 306. The van der Waals surface area contributed by atoms with Gasteiger partial charge in [-0.05, 0) is 31.0 Å². The van der Waals surface area contributed by atoms with Gasteiger partial charge < -0.3 is 0 Å². The first-order chi connectivity index (χ1) is 6.83. The van der Waals surface area contributed by atoms with Crippen LogP contribution in [0, 0.1) is 0 Å². The molecular formula is C13H19N. The molecule has 0 radical (unpaired) electrons. The second-order valence-electron chi connectivity index (χ2n) is 4.20. The molecule has 1 unspecified atom stereocenters. The first-order valence-electron chi connectivity index (χ1n) is 5.64. The van der Waals surface area contributed by atoms with Crippen LogP contribution in [0.5, 0.6) is 0 Å². The van der Waals surface area contributed by atoms with Gasteiger partial charge in [0.25, 0.3) is 0 Å². The van der Waals surface area contributed by atoms with Crippen LogP contribution in [0.3, 0.4) is 0 Å². The average Bonchev–Trinajstić information content (AvgIpc) is 2.54. The molecular weight excluding hydrogens is 170 g/mol. The zero-order valence-electron chi connectivity index (χ0n) is 9.16. The summed E-state index contributed by atoms with van der Waals surface area (Å²) in [5, 5.41) is 0. The van der Waals surface area contributed by atoms with Gasteiger partial charge in [-0.25, -0.2) is 0 Å². The van der Waals surface area contributed by atoms with Gasteiger partial charge in [-0.1, -0.05) is 37.6 Å². The van der Waals surface area contributed by atoms with E-state index in [0.717, 1.165) is 6.54 Å². The van der Waals surface area contributed by atoms with E-state index in [4.69, 9.17) is 0 Å². The third-order valence-corrected chi connectivity index (χ3v) is 3.23. The van der Waals surface area contributed by atoms with Crippen molar-refractivity contribution in [1.29, 1.82) is 0 Å². The lowest BCUT2D eigenvalue weighted by Gasteiger charge is -2.20. The Labute approximate surface area is 86.7 Å². The molecule has 1 nitrogen and oxygen atoms in total. The van der Waals surface area contributed by atoms with Gasteiger partial charge in [0.1, 0.15) is 0 Å². The van der Waals surface area contributed by atoms with Crippen molar-refractivity contribution in [3.05, 3.63) is 35.4 Å². The van der Waals surface area contributed by atoms with Gasteiger partial charge in [0, 0.05) is 12.6 Å². The molecule has 0 N–H and O–H groups in total. The summed E-state index contributed by atoms with van der Waals surface area (Å²) in [7, 11) is 0. The molecule has 14 heavy (non-hydrogen) atoms. The highest BCUT2D eigenvalue weighted by molar-refractivity contribution is 5.33. The van der Waals surface area contributed by atoms with Crippen LogP contribution < -0.4 is 0 Å². The summed E-state index contributed by atoms with van der Waals surface area (Å²) in [6, 6.07) is 9.45. The van der Waals surface area contributed by atoms with Crippen molar-refractivity contribution in [2.24, 2.45) is 0 Å². The largest absolute Gasteiger partial charge is 0.292 e. The van der Waals surface area contributed by atoms with Crippen molar-refractivity contribution >= 4 is 0 Å². The summed E-state index contributed by atoms with van der Waals surface area (Å²) in [4.78, 5) is 2.58. The minimum Gasteiger partial charge on any atom is -0.292 e. The van der Waals surface area contributed by atoms with Crippen LogP contribution in [0.2, 0.25) is 0 Å². The molecule has 0 amide bonds. The Morgan fingerprint density at radius 3 is 2.86 bits per heavy atom. The number of nitrogens with zero attached hydrogens (tertiary/aromatic N) is 1. The molecule has 1 aliphatic heterocycles. The molecule has 2 rings (SSSR count). The lowest BCUT2D eigenvalue weighted by atomic mass is 10.1. The molecule has 1 aromatic rings. The number of fused-ring (bicyclic) bond motifs is 1. The second-order valence-corrected chi connectivity index (χ2v) is 4.20. The van der Waals surface area contributed by atoms with Crippen LogP contribution in [0.25, 0.3) is 0 Å². The Morgan fingerprint density at radius 2 is 2.14 bits per heavy atom. The van der Waals surface area contributed by atoms with E-state index in [9.17, 15) is 0 Å². The zero-order chi connectivity index (χ0) is 9.97. The van der Waals surface area contributed by atoms with Gasteiger partial charge in [0.2, 0.25) is 0 Å². The van der Waals surface area contributed by atoms with E-state index in [1.54, 1.807) is 0 Å². The van der Waals surface area contributed by atoms with Crippen LogP contribution in [0.15, 0.2) is 24.3 Å². The fourth-order valence-electron chi connectivity index (χ4n) is 2.27. The highest BCUT2D eigenvalue weighted by Crippen LogP contribution is 2.32. The number of benzene rings is 1. The lowest BCUT2D eigenvalue weighted by Crippen LogP contribution is -2.21. The first kappa shape index (κ1) is 9.72. The molecule has 0 fully saturated rings. The van der Waals surface area contributed by atoms with E-state index < -0.39 is 0 Å². The molecule has 0 saturated heterocycles. The van der Waals surface area contributed by atoms with Gasteiger partial charge in [-0.2, -0.15) is 0 Å². The average molecular weight is 189 g/mol. The molecule has 76 valence electrons. The normalized spacial score (nSPS) is 21.1. The van der Waals surface area contributed by atoms with E-state index in [1.807, 2.05) is 0 Å². The smallest absolute Gasteiger partial charge is 0.0326 e. The zero-order valence-corrected chi connectivity index (χ0v) is 9.16. The van der Waals surface area contributed by atoms with Crippen molar-refractivity contribution < 1.29 is 0 Å². The molecule has 0 saturated carbocycles. The molecule has 0 aliphatic carbocycles. The van der Waals surface area contributed by atoms with Crippen LogP contribution in [-0.2, 0) is 6.54 Å². The highest BCUT2D eigenvalue weighted by Gasteiger charge is 2.24. The highest BCUT2D eigenvalue weighted by atomic mass is 15.2. The quantitative estimate of drug-likeness (QED) is 0.704. The predicted octanol–water partition coefficient (Wildman–Crippen LogP) is 3.36. The van der Waals surface area contributed by atoms with E-state index in [0.29, 0.717) is 6.04 Å². The topological polar surface area (TPSA) is 3.24 Å². The predicted molar refractivity (Wildman–Crippen MR) is 60.2 cm³/mol. The van der Waals surface area contributed by atoms with E-state index in [1.165, 1.54) is 30.5 Å². The van der Waals surface area contributed by atoms with Crippen LogP contribution in [0.1, 0.15) is 43.9 Å². The standard InChI is InChI=1S/C13H19N/c1-3-4-9-14-10-12-7-5-6-8-13(12)11(14)2/h5-8,11H,3-4,9-10H2,1-2H3. The first-order valence-corrected chi connectivity index (χ1v) is 5.64. The van der Waals surface area contributed by atoms with Gasteiger partial charge >= 0.3 is 0 Å². The fraction of sp³-hybridized carbons (Fsp3) is 0.538. The summed E-state index contributed by atoms with van der Waals surface area (Å²) in [6.45, 7) is 6.97. The van der Waals surface area contributed by atoms with Crippen LogP contribution in [0.4, 0.5) is 0 Å². The molecule has 0 bridgehead atoms. The van der Waals surface area contributed by atoms with Crippen molar-refractivity contribution in [1.82, 2.24) is 4.90 Å². The Balaban J connectivity index is 2.09. The maximum Gasteiger partial charge on any atom is 0.0326 e. The summed E-state index contributed by atoms with van der Waals surface area (Å²) < 4.78 is 0. The minimum absolute atomic E-state index is 0.623. The molecule has 1 atom stereocenters. The molecule has 0 aromatic heterocycles. The number of hydrogen-bond acceptors (Lipinski definition) is 1. The Hall–Kier alpha value is -0.820. The number of hydrogen-bond donors (Lipinski definition) is 0. The van der Waals surface area contributed by atoms with Gasteiger partial charge in [-0.3, -0.25) is 4.90 Å². The Morgan fingerprint density at radius 1 is 1.36 bits per heavy atom. The second kappa shape index (κ2) is 4.14. The minimum atomic E-state index is 0.623. The van der Waals surface area contributed by atoms with E-state index in [2.05, 4.69) is 43.0 Å². The maximum atomic E-state index is 2.58. The van der Waals surface area contributed by atoms with E-state index >= 15 is 0 Å². The van der Waals surface area contributed by atoms with E-state index in [-0.39, 0.29) is 0 Å². The summed E-state index contributed by atoms with van der Waals surface area (Å²) in [5.41, 5.74) is 3.06. The van der Waals surface area contributed by atoms with Crippen molar-refractivity contribution in [3.8, 4) is 0 Å². The summed E-state index contributed by atoms with van der Waals surface area (Å²) >= 11 is 0. The molecule has 1 aliphatic rings. The molecule has 0 spiro atoms. The number of unbranched alkanes of at least 4 members (excludes halogenated alkanes) is 1. The third kappa shape index (κ3) is 1.69.